The maximum absolute atomic E-state index is 13.7. The van der Waals surface area contributed by atoms with E-state index in [0.29, 0.717) is 36.0 Å². The van der Waals surface area contributed by atoms with Gasteiger partial charge < -0.3 is 93.4 Å². The van der Waals surface area contributed by atoms with Crippen molar-refractivity contribution in [3.8, 4) is 17.2 Å². The SMILES string of the molecule is CCC(C)C1C(=O)N[C@H](C)[C@H](NC(=O)c2ncccc2O)C(=O)N[C@@H](Cc2cccnc2)[C@@H](O)[C@@H](C)C(=O)N1C.CCC(C)C1NC(=O)[C@H](C)[C@H](O)[C@H](Cc2cccnc2)NC(=O)[C@@H](NC(=O)c2ncccc2O)[C@@H](C)NC1=O.CCC(C)C1OC(=O)[C@H](C)[C@H](O)[C@H](Cc2cccnc2)NC(=O)[C@@H](NC(=O)c2ncccc2O)[C@@H](C)NC1=O. The quantitative estimate of drug-likeness (QED) is 0.0532. The summed E-state index contributed by atoms with van der Waals surface area (Å²) in [6.07, 6.45) is 10.3. The lowest BCUT2D eigenvalue weighted by Crippen LogP contribution is -2.64. The maximum atomic E-state index is 13.7. The molecule has 0 aliphatic carbocycles. The minimum absolute atomic E-state index is 0.121. The highest BCUT2D eigenvalue weighted by molar-refractivity contribution is 6.01. The first kappa shape index (κ1) is 93.0. The Morgan fingerprint density at radius 3 is 1.11 bits per heavy atom. The summed E-state index contributed by atoms with van der Waals surface area (Å²) in [5.74, 6) is -13.1. The van der Waals surface area contributed by atoms with E-state index in [1.165, 1.54) is 94.6 Å². The van der Waals surface area contributed by atoms with Gasteiger partial charge in [0.2, 0.25) is 41.4 Å². The van der Waals surface area contributed by atoms with E-state index in [1.54, 1.807) is 94.4 Å². The van der Waals surface area contributed by atoms with Gasteiger partial charge in [-0.15, -0.1) is 0 Å². The van der Waals surface area contributed by atoms with E-state index in [1.807, 2.05) is 34.6 Å². The molecule has 6 unspecified atom stereocenters. The second kappa shape index (κ2) is 43.7. The number of likely N-dealkylation sites (N-methyl/N-ethyl adjacent to an activating group) is 1. The van der Waals surface area contributed by atoms with Crippen LogP contribution in [0.1, 0.15) is 151 Å². The Morgan fingerprint density at radius 1 is 0.424 bits per heavy atom. The third-order valence-corrected chi connectivity index (χ3v) is 21.5. The number of aromatic hydroxyl groups is 3. The van der Waals surface area contributed by atoms with E-state index < -0.39 is 180 Å². The molecule has 21 atom stereocenters. The smallest absolute Gasteiger partial charge is 0.312 e. The van der Waals surface area contributed by atoms with Crippen LogP contribution >= 0.6 is 0 Å². The number of aliphatic hydroxyl groups excluding tert-OH is 3. The van der Waals surface area contributed by atoms with E-state index in [-0.39, 0.29) is 71.3 Å². The molecule has 16 N–H and O–H groups in total. The Hall–Kier alpha value is -12.2. The summed E-state index contributed by atoms with van der Waals surface area (Å²) >= 11 is 0. The molecule has 0 saturated carbocycles. The minimum Gasteiger partial charge on any atom is -0.505 e. The van der Waals surface area contributed by atoms with Crippen LogP contribution < -0.4 is 53.2 Å². The van der Waals surface area contributed by atoms with Gasteiger partial charge in [-0.3, -0.25) is 72.5 Å². The average Bonchev–Trinajstić information content (AvgIpc) is 0.813. The molecule has 36 nitrogen and oxygen atoms in total. The Bertz CT molecular complexity index is 4260. The third kappa shape index (κ3) is 24.7. The fourth-order valence-electron chi connectivity index (χ4n) is 13.5. The van der Waals surface area contributed by atoms with Gasteiger partial charge in [0.05, 0.1) is 72.3 Å². The molecule has 9 heterocycles. The second-order valence-electron chi connectivity index (χ2n) is 30.1. The number of hydrogen-bond donors (Lipinski definition) is 16. The topological polar surface area (TPSA) is 536 Å². The number of aliphatic hydroxyl groups is 3. The van der Waals surface area contributed by atoms with Crippen molar-refractivity contribution in [1.29, 1.82) is 0 Å². The number of aromatic nitrogens is 6. The summed E-state index contributed by atoms with van der Waals surface area (Å²) in [6, 6.07) is 7.18. The van der Waals surface area contributed by atoms with Gasteiger partial charge in [0.25, 0.3) is 23.6 Å². The zero-order valence-electron chi connectivity index (χ0n) is 68.1. The fourth-order valence-corrected chi connectivity index (χ4v) is 13.5. The summed E-state index contributed by atoms with van der Waals surface area (Å²) in [5, 5.41) is 91.0. The van der Waals surface area contributed by atoms with Gasteiger partial charge in [-0.2, -0.15) is 0 Å². The van der Waals surface area contributed by atoms with Crippen LogP contribution in [0.5, 0.6) is 17.2 Å². The summed E-state index contributed by atoms with van der Waals surface area (Å²) in [7, 11) is 1.52. The summed E-state index contributed by atoms with van der Waals surface area (Å²) in [4.78, 5) is 185. The molecule has 3 aliphatic rings. The van der Waals surface area contributed by atoms with E-state index in [0.717, 1.165) is 0 Å². The number of carbonyl (C=O) groups excluding carboxylic acids is 12. The monoisotopic (exact) mass is 1640 g/mol. The number of cyclic esters (lactones) is 1. The predicted molar refractivity (Wildman–Crippen MR) is 426 cm³/mol. The largest absolute Gasteiger partial charge is 0.505 e. The van der Waals surface area contributed by atoms with E-state index in [4.69, 9.17) is 4.74 Å². The van der Waals surface area contributed by atoms with Crippen LogP contribution in [0.3, 0.4) is 0 Å². The molecule has 6 aromatic rings. The highest BCUT2D eigenvalue weighted by atomic mass is 16.6. The molecule has 3 aliphatic heterocycles. The molecule has 636 valence electrons. The Balaban J connectivity index is 0.000000244. The van der Waals surface area contributed by atoms with Gasteiger partial charge in [0, 0.05) is 68.7 Å². The standard InChI is InChI=1S/C28H38N6O6.C27H36N6O6.C27H35N5O7/c1-6-15(2)23-27(39)31-17(4)21(33-26(38)22-20(35)10-8-12-30-22)25(37)32-19(13-18-9-7-11-29-14-18)24(36)16(3)28(40)34(23)5;1-5-14(2)20-25(37)30-16(4)21(33-27(39)22-19(34)9-7-11-29-22)26(38)31-18(12-17-8-6-10-28-13-17)23(35)15(3)24(36)32-20;1-5-14(2)23-26(37)30-16(4)20(32-25(36)21-19(33)9-7-11-29-21)24(35)31-18(12-17-8-6-10-28-13-17)22(34)15(3)27(38)39-23/h7-12,14-17,19,21,23-24,35-36H,6,13H2,1-5H3,(H,31,39)(H,32,37)(H,33,38);6-11,13-16,18,20-21,23,34-35H,5,12H2,1-4H3,(H,30,37)(H,31,38)(H,32,36)(H,33,39);6-11,13-16,18,20,22-23,33-34H,5,12H2,1-4H3,(H,30,37)(H,31,35)(H,32,36)/t15?,16-,17-,19+,21+,23?,24+;14?,15-,16-,18+,20?,21+,23+;14?,15-,16-,18+,20+,22+,23?/m111/s1. The van der Waals surface area contributed by atoms with Gasteiger partial charge in [-0.25, -0.2) is 15.0 Å². The number of nitrogens with zero attached hydrogens (tertiary/aromatic N) is 7. The number of ether oxygens (including phenoxy) is 1. The zero-order chi connectivity index (χ0) is 86.9. The molecule has 36 heteroatoms. The molecule has 0 aromatic carbocycles. The molecule has 11 amide bonds. The number of nitrogens with one attached hydrogen (secondary N) is 10. The van der Waals surface area contributed by atoms with Crippen molar-refractivity contribution in [1.82, 2.24) is 88.0 Å². The lowest BCUT2D eigenvalue weighted by atomic mass is 9.89. The first-order valence-electron chi connectivity index (χ1n) is 39.2. The number of hydrogen-bond acceptors (Lipinski definition) is 25. The van der Waals surface area contributed by atoms with Crippen molar-refractivity contribution in [3.63, 3.8) is 0 Å². The number of esters is 1. The number of carbonyl (C=O) groups is 12. The van der Waals surface area contributed by atoms with E-state index in [2.05, 4.69) is 83.1 Å². The van der Waals surface area contributed by atoms with Crippen LogP contribution in [-0.2, 0) is 67.2 Å². The number of pyridine rings is 6. The van der Waals surface area contributed by atoms with Crippen LogP contribution in [0.15, 0.2) is 129 Å². The number of rotatable bonds is 18. The van der Waals surface area contributed by atoms with Crippen molar-refractivity contribution in [3.05, 3.63) is 162 Å². The molecule has 0 radical (unpaired) electrons. The van der Waals surface area contributed by atoms with Gasteiger partial charge in [0.15, 0.2) is 23.2 Å². The Labute approximate surface area is 683 Å². The predicted octanol–water partition coefficient (Wildman–Crippen LogP) is 0.932. The van der Waals surface area contributed by atoms with Crippen LogP contribution in [0.2, 0.25) is 0 Å². The summed E-state index contributed by atoms with van der Waals surface area (Å²) in [6.45, 7) is 20.1. The highest BCUT2D eigenvalue weighted by Crippen LogP contribution is 2.26. The van der Waals surface area contributed by atoms with Crippen LogP contribution in [-0.4, -0.2) is 234 Å². The first-order chi connectivity index (χ1) is 56.0. The molecule has 3 fully saturated rings. The third-order valence-electron chi connectivity index (χ3n) is 21.5. The lowest BCUT2D eigenvalue weighted by Gasteiger charge is -2.38. The number of amides is 11. The molecule has 9 rings (SSSR count). The van der Waals surface area contributed by atoms with Crippen molar-refractivity contribution in [2.24, 2.45) is 35.5 Å². The summed E-state index contributed by atoms with van der Waals surface area (Å²) < 4.78 is 5.58. The second-order valence-corrected chi connectivity index (χ2v) is 30.1. The Kier molecular flexibility index (Phi) is 34.4. The fraction of sp³-hybridized carbons (Fsp3) is 0.488. The molecular formula is C82H109N17O19. The molecule has 118 heavy (non-hydrogen) atoms. The van der Waals surface area contributed by atoms with Gasteiger partial charge in [-0.05, 0) is 137 Å². The van der Waals surface area contributed by atoms with Crippen molar-refractivity contribution < 1.29 is 92.9 Å². The molecule has 3 saturated heterocycles. The van der Waals surface area contributed by atoms with E-state index in [9.17, 15) is 88.2 Å². The van der Waals surface area contributed by atoms with Crippen LogP contribution in [0, 0.1) is 35.5 Å². The Morgan fingerprint density at radius 2 is 0.763 bits per heavy atom. The molecule has 6 aromatic heterocycles. The van der Waals surface area contributed by atoms with Crippen molar-refractivity contribution in [2.75, 3.05) is 7.05 Å². The molecule has 0 bridgehead atoms. The lowest BCUT2D eigenvalue weighted by molar-refractivity contribution is -0.167. The first-order valence-corrected chi connectivity index (χ1v) is 39.2. The van der Waals surface area contributed by atoms with Crippen molar-refractivity contribution >= 4 is 70.9 Å². The van der Waals surface area contributed by atoms with E-state index >= 15 is 0 Å². The van der Waals surface area contributed by atoms with Crippen molar-refractivity contribution in [2.45, 2.75) is 212 Å². The molecule has 0 spiro atoms. The van der Waals surface area contributed by atoms with Gasteiger partial charge >= 0.3 is 5.97 Å². The minimum atomic E-state index is -1.40. The highest BCUT2D eigenvalue weighted by Gasteiger charge is 2.45. The zero-order valence-corrected chi connectivity index (χ0v) is 68.1. The van der Waals surface area contributed by atoms with Gasteiger partial charge in [0.1, 0.15) is 47.5 Å². The maximum Gasteiger partial charge on any atom is 0.312 e. The summed E-state index contributed by atoms with van der Waals surface area (Å²) in [5.41, 5.74) is 1.22. The van der Waals surface area contributed by atoms with Crippen LogP contribution in [0.25, 0.3) is 0 Å². The average molecular weight is 1640 g/mol. The molecular weight excluding hydrogens is 1530 g/mol. The van der Waals surface area contributed by atoms with Gasteiger partial charge in [-0.1, -0.05) is 86.4 Å². The normalized spacial score (nSPS) is 27.1. The van der Waals surface area contributed by atoms with Crippen LogP contribution in [0.4, 0.5) is 0 Å².